The van der Waals surface area contributed by atoms with E-state index in [0.717, 1.165) is 77.0 Å². The molecule has 0 rings (SSSR count). The van der Waals surface area contributed by atoms with Crippen LogP contribution in [0.15, 0.2) is 48.6 Å². The first-order valence-electron chi connectivity index (χ1n) is 20.8. The Hall–Kier alpha value is -2.03. The van der Waals surface area contributed by atoms with Gasteiger partial charge < -0.3 is 27.9 Å². The first-order valence-corrected chi connectivity index (χ1v) is 22.3. The molecule has 308 valence electrons. The molecule has 0 aliphatic rings. The maximum absolute atomic E-state index is 12.6. The third-order valence-corrected chi connectivity index (χ3v) is 9.54. The van der Waals surface area contributed by atoms with Gasteiger partial charge in [-0.25, -0.2) is 0 Å². The minimum Gasteiger partial charge on any atom is -0.756 e. The van der Waals surface area contributed by atoms with Crippen LogP contribution < -0.4 is 4.89 Å². The fraction of sp³-hybridized carbons (Fsp3) is 0.767. The molecular weight excluding hydrogens is 689 g/mol. The Kier molecular flexibility index (Phi) is 34.3. The van der Waals surface area contributed by atoms with Gasteiger partial charge in [-0.15, -0.1) is 0 Å². The third kappa shape index (κ3) is 39.5. The zero-order valence-electron chi connectivity index (χ0n) is 34.4. The number of carbonyl (C=O) groups is 2. The van der Waals surface area contributed by atoms with Crippen molar-refractivity contribution in [2.75, 3.05) is 47.5 Å². The van der Waals surface area contributed by atoms with Gasteiger partial charge in [-0.05, 0) is 77.0 Å². The minimum absolute atomic E-state index is 0.0383. The summed E-state index contributed by atoms with van der Waals surface area (Å²) in [6.45, 7) is 4.12. The number of rotatable bonds is 37. The van der Waals surface area contributed by atoms with E-state index in [9.17, 15) is 19.0 Å². The summed E-state index contributed by atoms with van der Waals surface area (Å²) in [4.78, 5) is 37.4. The van der Waals surface area contributed by atoms with Crippen LogP contribution in [0, 0.1) is 0 Å². The van der Waals surface area contributed by atoms with Crippen LogP contribution in [0.1, 0.15) is 162 Å². The van der Waals surface area contributed by atoms with Gasteiger partial charge in [-0.1, -0.05) is 120 Å². The van der Waals surface area contributed by atoms with Crippen LogP contribution >= 0.6 is 7.82 Å². The second-order valence-electron chi connectivity index (χ2n) is 15.0. The predicted molar refractivity (Wildman–Crippen MR) is 217 cm³/mol. The molecule has 0 N–H and O–H groups in total. The largest absolute Gasteiger partial charge is 0.756 e. The van der Waals surface area contributed by atoms with Crippen molar-refractivity contribution >= 4 is 19.8 Å². The van der Waals surface area contributed by atoms with E-state index in [1.165, 1.54) is 44.9 Å². The van der Waals surface area contributed by atoms with Gasteiger partial charge in [0.2, 0.25) is 0 Å². The average molecular weight is 768 g/mol. The highest BCUT2D eigenvalue weighted by molar-refractivity contribution is 7.45. The molecule has 0 fully saturated rings. The van der Waals surface area contributed by atoms with Crippen molar-refractivity contribution in [2.24, 2.45) is 0 Å². The van der Waals surface area contributed by atoms with E-state index in [1.54, 1.807) is 0 Å². The van der Waals surface area contributed by atoms with E-state index in [-0.39, 0.29) is 26.1 Å². The number of quaternary nitrogens is 1. The molecule has 0 radical (unpaired) electrons. The summed E-state index contributed by atoms with van der Waals surface area (Å²) in [7, 11) is 1.14. The molecule has 0 aliphatic carbocycles. The Bertz CT molecular complexity index is 1050. The van der Waals surface area contributed by atoms with E-state index in [1.807, 2.05) is 21.1 Å². The molecule has 53 heavy (non-hydrogen) atoms. The maximum Gasteiger partial charge on any atom is 0.306 e. The Morgan fingerprint density at radius 3 is 1.53 bits per heavy atom. The van der Waals surface area contributed by atoms with Gasteiger partial charge in [-0.2, -0.15) is 0 Å². The van der Waals surface area contributed by atoms with Crippen molar-refractivity contribution in [3.8, 4) is 0 Å². The number of likely N-dealkylation sites (N-methyl/N-ethyl adjacent to an activating group) is 1. The quantitative estimate of drug-likeness (QED) is 0.0202. The molecule has 0 aliphatic heterocycles. The van der Waals surface area contributed by atoms with Crippen LogP contribution in [-0.4, -0.2) is 70.0 Å². The third-order valence-electron chi connectivity index (χ3n) is 8.57. The van der Waals surface area contributed by atoms with Crippen LogP contribution in [0.3, 0.4) is 0 Å². The monoisotopic (exact) mass is 768 g/mol. The van der Waals surface area contributed by atoms with E-state index < -0.39 is 32.5 Å². The summed E-state index contributed by atoms with van der Waals surface area (Å²) in [6, 6.07) is 0. The van der Waals surface area contributed by atoms with Crippen molar-refractivity contribution < 1.29 is 42.1 Å². The van der Waals surface area contributed by atoms with E-state index in [0.29, 0.717) is 23.9 Å². The predicted octanol–water partition coefficient (Wildman–Crippen LogP) is 10.9. The molecule has 1 unspecified atom stereocenters. The molecule has 0 aromatic rings. The minimum atomic E-state index is -4.63. The van der Waals surface area contributed by atoms with Gasteiger partial charge in [0.15, 0.2) is 6.10 Å². The van der Waals surface area contributed by atoms with Crippen molar-refractivity contribution in [3.63, 3.8) is 0 Å². The number of nitrogens with zero attached hydrogens (tertiary/aromatic N) is 1. The highest BCUT2D eigenvalue weighted by Gasteiger charge is 2.21. The molecule has 0 aromatic heterocycles. The molecule has 0 spiro atoms. The molecule has 10 heteroatoms. The molecule has 0 heterocycles. The van der Waals surface area contributed by atoms with Crippen LogP contribution in [0.5, 0.6) is 0 Å². The Morgan fingerprint density at radius 1 is 0.585 bits per heavy atom. The fourth-order valence-electron chi connectivity index (χ4n) is 5.24. The topological polar surface area (TPSA) is 111 Å². The summed E-state index contributed by atoms with van der Waals surface area (Å²) in [5, 5.41) is 0. The second-order valence-corrected chi connectivity index (χ2v) is 16.4. The molecule has 0 saturated carbocycles. The van der Waals surface area contributed by atoms with Gasteiger partial charge >= 0.3 is 11.9 Å². The molecular formula is C43H78NO8P. The summed E-state index contributed by atoms with van der Waals surface area (Å²) >= 11 is 0. The molecule has 0 amide bonds. The Morgan fingerprint density at radius 2 is 1.02 bits per heavy atom. The van der Waals surface area contributed by atoms with E-state index >= 15 is 0 Å². The molecule has 2 atom stereocenters. The van der Waals surface area contributed by atoms with Crippen molar-refractivity contribution in [1.29, 1.82) is 0 Å². The normalized spacial score (nSPS) is 14.2. The lowest BCUT2D eigenvalue weighted by molar-refractivity contribution is -0.870. The lowest BCUT2D eigenvalue weighted by atomic mass is 10.1. The van der Waals surface area contributed by atoms with E-state index in [4.69, 9.17) is 18.5 Å². The van der Waals surface area contributed by atoms with Crippen LogP contribution in [-0.2, 0) is 32.7 Å². The second kappa shape index (κ2) is 35.7. The lowest BCUT2D eigenvalue weighted by Gasteiger charge is -2.28. The van der Waals surface area contributed by atoms with Gasteiger partial charge in [0.1, 0.15) is 19.8 Å². The Labute approximate surface area is 324 Å². The van der Waals surface area contributed by atoms with Crippen molar-refractivity contribution in [1.82, 2.24) is 0 Å². The fourth-order valence-corrected chi connectivity index (χ4v) is 5.97. The SMILES string of the molecule is CCCCC/C=C/C/C=C/C/C=C/CCCCCCC(=O)O[C@H](COC(=O)CCCCCCC/C=C/CCCCC)COP(=O)([O-])OCC[N+](C)(C)C. The van der Waals surface area contributed by atoms with Gasteiger partial charge in [0.25, 0.3) is 7.82 Å². The molecule has 0 aromatic carbocycles. The van der Waals surface area contributed by atoms with Crippen LogP contribution in [0.25, 0.3) is 0 Å². The summed E-state index contributed by atoms with van der Waals surface area (Å²) in [6.07, 6.45) is 39.9. The smallest absolute Gasteiger partial charge is 0.306 e. The number of ether oxygens (including phenoxy) is 2. The van der Waals surface area contributed by atoms with E-state index in [2.05, 4.69) is 62.5 Å². The zero-order valence-corrected chi connectivity index (χ0v) is 35.3. The number of unbranched alkanes of at least 4 members (excludes halogenated alkanes) is 15. The number of esters is 2. The summed E-state index contributed by atoms with van der Waals surface area (Å²) < 4.78 is 33.8. The number of phosphoric ester groups is 1. The molecule has 9 nitrogen and oxygen atoms in total. The van der Waals surface area contributed by atoms with Crippen molar-refractivity contribution in [3.05, 3.63) is 48.6 Å². The number of hydrogen-bond donors (Lipinski definition) is 0. The summed E-state index contributed by atoms with van der Waals surface area (Å²) in [5.74, 6) is -0.874. The molecule has 0 saturated heterocycles. The average Bonchev–Trinajstić information content (AvgIpc) is 3.10. The lowest BCUT2D eigenvalue weighted by Crippen LogP contribution is -2.37. The van der Waals surface area contributed by atoms with Gasteiger partial charge in [-0.3, -0.25) is 14.2 Å². The number of phosphoric acid groups is 1. The first-order chi connectivity index (χ1) is 25.5. The number of carbonyl (C=O) groups excluding carboxylic acids is 2. The number of hydrogen-bond acceptors (Lipinski definition) is 8. The standard InChI is InChI=1S/C43H78NO8P/c1-6-8-10-12-14-16-18-20-21-22-23-24-26-28-30-32-34-36-43(46)52-41(40-51-53(47,48)50-38-37-44(3,4)5)39-49-42(45)35-33-31-29-27-25-19-17-15-13-11-9-7-2/h14-17,20-21,23-24,41H,6-13,18-19,22,25-40H2,1-5H3/b16-14+,17-15+,21-20+,24-23+/t41-/m1/s1. The zero-order chi connectivity index (χ0) is 39.3. The number of allylic oxidation sites excluding steroid dienone is 8. The highest BCUT2D eigenvalue weighted by atomic mass is 31.2. The van der Waals surface area contributed by atoms with Crippen molar-refractivity contribution in [2.45, 2.75) is 168 Å². The first kappa shape index (κ1) is 51.0. The molecule has 0 bridgehead atoms. The van der Waals surface area contributed by atoms with Crippen LogP contribution in [0.4, 0.5) is 0 Å². The van der Waals surface area contributed by atoms with Gasteiger partial charge in [0.05, 0.1) is 27.7 Å². The maximum atomic E-state index is 12.6. The highest BCUT2D eigenvalue weighted by Crippen LogP contribution is 2.38. The summed E-state index contributed by atoms with van der Waals surface area (Å²) in [5.41, 5.74) is 0. The van der Waals surface area contributed by atoms with Crippen LogP contribution in [0.2, 0.25) is 0 Å². The van der Waals surface area contributed by atoms with Gasteiger partial charge in [0, 0.05) is 12.8 Å². The Balaban J connectivity index is 4.46.